The van der Waals surface area contributed by atoms with Gasteiger partial charge in [0.15, 0.2) is 0 Å². The van der Waals surface area contributed by atoms with Crippen LogP contribution in [0.3, 0.4) is 0 Å². The predicted molar refractivity (Wildman–Crippen MR) is 95.2 cm³/mol. The van der Waals surface area contributed by atoms with Gasteiger partial charge in [-0.15, -0.1) is 0 Å². The number of rotatable bonds is 5. The highest BCUT2D eigenvalue weighted by Gasteiger charge is 2.26. The minimum atomic E-state index is 0.0294. The zero-order chi connectivity index (χ0) is 17.2. The van der Waals surface area contributed by atoms with Gasteiger partial charge in [-0.1, -0.05) is 0 Å². The number of nitrogens with zero attached hydrogens (tertiary/aromatic N) is 5. The molecule has 2 aromatic rings. The maximum Gasteiger partial charge on any atom is 0.266 e. The van der Waals surface area contributed by atoms with Gasteiger partial charge in [-0.2, -0.15) is 5.10 Å². The highest BCUT2D eigenvalue weighted by molar-refractivity contribution is 5.12. The van der Waals surface area contributed by atoms with Gasteiger partial charge in [0, 0.05) is 37.5 Å². The first-order valence-electron chi connectivity index (χ1n) is 9.25. The Kier molecular flexibility index (Phi) is 4.61. The van der Waals surface area contributed by atoms with Crippen molar-refractivity contribution in [2.24, 2.45) is 5.92 Å². The first-order valence-corrected chi connectivity index (χ1v) is 9.25. The van der Waals surface area contributed by atoms with Crippen molar-refractivity contribution in [3.8, 4) is 0 Å². The topological polar surface area (TPSA) is 63.9 Å². The fourth-order valence-electron chi connectivity index (χ4n) is 3.49. The van der Waals surface area contributed by atoms with Crippen LogP contribution in [0.5, 0.6) is 0 Å². The number of likely N-dealkylation sites (tertiary alicyclic amines) is 1. The monoisotopic (exact) mass is 339 g/mol. The zero-order valence-corrected chi connectivity index (χ0v) is 14.8. The van der Waals surface area contributed by atoms with Crippen LogP contribution in [0.15, 0.2) is 29.3 Å². The molecule has 1 saturated carbocycles. The van der Waals surface area contributed by atoms with Gasteiger partial charge in [0.1, 0.15) is 0 Å². The van der Waals surface area contributed by atoms with Crippen molar-refractivity contribution < 1.29 is 0 Å². The molecule has 6 heteroatoms. The molecule has 3 heterocycles. The van der Waals surface area contributed by atoms with E-state index in [4.69, 9.17) is 0 Å². The Labute approximate surface area is 147 Å². The van der Waals surface area contributed by atoms with Crippen LogP contribution in [0, 0.1) is 12.8 Å². The third-order valence-electron chi connectivity index (χ3n) is 5.24. The van der Waals surface area contributed by atoms with Crippen molar-refractivity contribution in [3.05, 3.63) is 52.0 Å². The first-order chi connectivity index (χ1) is 12.2. The van der Waals surface area contributed by atoms with E-state index in [-0.39, 0.29) is 5.56 Å². The molecular formula is C19H25N5O. The smallest absolute Gasteiger partial charge is 0.266 e. The molecule has 0 atom stereocenters. The minimum absolute atomic E-state index is 0.0294. The second-order valence-electron chi connectivity index (χ2n) is 7.42. The maximum atomic E-state index is 12.1. The number of hydrogen-bond acceptors (Lipinski definition) is 5. The van der Waals surface area contributed by atoms with E-state index in [1.54, 1.807) is 10.7 Å². The lowest BCUT2D eigenvalue weighted by atomic mass is 9.96. The fourth-order valence-corrected chi connectivity index (χ4v) is 3.49. The summed E-state index contributed by atoms with van der Waals surface area (Å²) in [6.45, 7) is 5.64. The molecule has 0 N–H and O–H groups in total. The number of piperidine rings is 1. The van der Waals surface area contributed by atoms with Crippen molar-refractivity contribution in [1.82, 2.24) is 24.6 Å². The molecule has 0 amide bonds. The second kappa shape index (κ2) is 7.04. The summed E-state index contributed by atoms with van der Waals surface area (Å²) in [4.78, 5) is 23.3. The standard InChI is InChI=1S/C19H25N5O/c1-14-10-21-17(11-20-14)13-23-8-6-15(7-9-23)12-24-19(25)5-4-18(22-24)16-2-3-16/h4-5,10-11,15-16H,2-3,6-9,12-13H2,1H3. The van der Waals surface area contributed by atoms with Gasteiger partial charge in [0.05, 0.1) is 17.1 Å². The molecule has 2 aromatic heterocycles. The Morgan fingerprint density at radius 1 is 1.08 bits per heavy atom. The minimum Gasteiger partial charge on any atom is -0.297 e. The van der Waals surface area contributed by atoms with Crippen LogP contribution in [-0.4, -0.2) is 37.7 Å². The number of aromatic nitrogens is 4. The number of aryl methyl sites for hydroxylation is 1. The Morgan fingerprint density at radius 2 is 1.88 bits per heavy atom. The fraction of sp³-hybridized carbons (Fsp3) is 0.579. The van der Waals surface area contributed by atoms with E-state index >= 15 is 0 Å². The van der Waals surface area contributed by atoms with Gasteiger partial charge in [-0.3, -0.25) is 19.7 Å². The van der Waals surface area contributed by atoms with Crippen LogP contribution in [0.1, 0.15) is 48.7 Å². The summed E-state index contributed by atoms with van der Waals surface area (Å²) < 4.78 is 1.69. The van der Waals surface area contributed by atoms with E-state index in [1.165, 1.54) is 12.8 Å². The Morgan fingerprint density at radius 3 is 2.56 bits per heavy atom. The van der Waals surface area contributed by atoms with Crippen LogP contribution in [0.4, 0.5) is 0 Å². The highest BCUT2D eigenvalue weighted by atomic mass is 16.1. The average molecular weight is 339 g/mol. The molecule has 1 aliphatic heterocycles. The van der Waals surface area contributed by atoms with Crippen LogP contribution in [0.25, 0.3) is 0 Å². The zero-order valence-electron chi connectivity index (χ0n) is 14.8. The summed E-state index contributed by atoms with van der Waals surface area (Å²) >= 11 is 0. The third-order valence-corrected chi connectivity index (χ3v) is 5.24. The summed E-state index contributed by atoms with van der Waals surface area (Å²) in [5.74, 6) is 1.12. The molecule has 0 aromatic carbocycles. The molecular weight excluding hydrogens is 314 g/mol. The van der Waals surface area contributed by atoms with Crippen LogP contribution in [-0.2, 0) is 13.1 Å². The van der Waals surface area contributed by atoms with Gasteiger partial charge < -0.3 is 0 Å². The first kappa shape index (κ1) is 16.4. The Hall–Kier alpha value is -2.08. The molecule has 132 valence electrons. The molecule has 1 saturated heterocycles. The predicted octanol–water partition coefficient (Wildman–Crippen LogP) is 2.13. The summed E-state index contributed by atoms with van der Waals surface area (Å²) in [5, 5.41) is 4.60. The Bertz CT molecular complexity index is 773. The molecule has 25 heavy (non-hydrogen) atoms. The van der Waals surface area contributed by atoms with E-state index in [0.717, 1.165) is 56.1 Å². The largest absolute Gasteiger partial charge is 0.297 e. The molecule has 0 bridgehead atoms. The van der Waals surface area contributed by atoms with Gasteiger partial charge in [0.25, 0.3) is 5.56 Å². The van der Waals surface area contributed by atoms with Crippen molar-refractivity contribution >= 4 is 0 Å². The molecule has 0 spiro atoms. The summed E-state index contributed by atoms with van der Waals surface area (Å²) in [6.07, 6.45) is 8.32. The quantitative estimate of drug-likeness (QED) is 0.835. The van der Waals surface area contributed by atoms with E-state index in [9.17, 15) is 4.79 Å². The SMILES string of the molecule is Cc1cnc(CN2CCC(Cn3nc(C4CC4)ccc3=O)CC2)cn1. The maximum absolute atomic E-state index is 12.1. The van der Waals surface area contributed by atoms with E-state index in [1.807, 2.05) is 25.4 Å². The second-order valence-corrected chi connectivity index (χ2v) is 7.42. The van der Waals surface area contributed by atoms with Crippen molar-refractivity contribution in [1.29, 1.82) is 0 Å². The van der Waals surface area contributed by atoms with Gasteiger partial charge >= 0.3 is 0 Å². The molecule has 0 radical (unpaired) electrons. The van der Waals surface area contributed by atoms with Crippen LogP contribution >= 0.6 is 0 Å². The molecule has 2 aliphatic rings. The van der Waals surface area contributed by atoms with Gasteiger partial charge in [0.2, 0.25) is 0 Å². The molecule has 0 unspecified atom stereocenters. The molecule has 4 rings (SSSR count). The molecule has 2 fully saturated rings. The number of hydrogen-bond donors (Lipinski definition) is 0. The van der Waals surface area contributed by atoms with Crippen molar-refractivity contribution in [3.63, 3.8) is 0 Å². The molecule has 6 nitrogen and oxygen atoms in total. The lowest BCUT2D eigenvalue weighted by molar-refractivity contribution is 0.161. The normalized spacial score (nSPS) is 19.2. The lowest BCUT2D eigenvalue weighted by Gasteiger charge is -2.31. The van der Waals surface area contributed by atoms with Crippen LogP contribution < -0.4 is 5.56 Å². The van der Waals surface area contributed by atoms with Crippen LogP contribution in [0.2, 0.25) is 0 Å². The van der Waals surface area contributed by atoms with E-state index < -0.39 is 0 Å². The summed E-state index contributed by atoms with van der Waals surface area (Å²) in [7, 11) is 0. The Balaban J connectivity index is 1.32. The van der Waals surface area contributed by atoms with E-state index in [2.05, 4.69) is 20.0 Å². The van der Waals surface area contributed by atoms with Crippen molar-refractivity contribution in [2.45, 2.75) is 51.6 Å². The highest BCUT2D eigenvalue weighted by Crippen LogP contribution is 2.38. The van der Waals surface area contributed by atoms with Gasteiger partial charge in [-0.25, -0.2) is 4.68 Å². The van der Waals surface area contributed by atoms with E-state index in [0.29, 0.717) is 11.8 Å². The van der Waals surface area contributed by atoms with Gasteiger partial charge in [-0.05, 0) is 57.7 Å². The lowest BCUT2D eigenvalue weighted by Crippen LogP contribution is -2.36. The average Bonchev–Trinajstić information content (AvgIpc) is 3.46. The third kappa shape index (κ3) is 4.12. The van der Waals surface area contributed by atoms with Crippen molar-refractivity contribution in [2.75, 3.05) is 13.1 Å². The summed E-state index contributed by atoms with van der Waals surface area (Å²) in [5.41, 5.74) is 3.10. The molecule has 1 aliphatic carbocycles. The summed E-state index contributed by atoms with van der Waals surface area (Å²) in [6, 6.07) is 3.59.